The minimum Gasteiger partial charge on any atom is -0.454 e. The van der Waals surface area contributed by atoms with E-state index in [1.54, 1.807) is 17.1 Å². The first-order valence-corrected chi connectivity index (χ1v) is 10.9. The van der Waals surface area contributed by atoms with Crippen LogP contribution in [0.1, 0.15) is 35.8 Å². The van der Waals surface area contributed by atoms with Gasteiger partial charge in [-0.15, -0.1) is 0 Å². The van der Waals surface area contributed by atoms with Crippen molar-refractivity contribution in [1.29, 1.82) is 0 Å². The smallest absolute Gasteiger partial charge is 0.269 e. The lowest BCUT2D eigenvalue weighted by molar-refractivity contribution is 0.0805. The molecular weight excluding hydrogens is 380 g/mol. The van der Waals surface area contributed by atoms with E-state index in [0.29, 0.717) is 30.2 Å². The Hall–Kier alpha value is -2.54. The fourth-order valence-corrected chi connectivity index (χ4v) is 5.48. The van der Waals surface area contributed by atoms with Crippen molar-refractivity contribution in [2.75, 3.05) is 26.4 Å². The number of carbonyl (C=O) groups excluding carboxylic acids is 1. The number of rotatable bonds is 6. The van der Waals surface area contributed by atoms with Gasteiger partial charge in [0.2, 0.25) is 6.79 Å². The van der Waals surface area contributed by atoms with Crippen LogP contribution in [0.15, 0.2) is 30.7 Å². The average molecular weight is 411 g/mol. The number of aromatic nitrogens is 2. The summed E-state index contributed by atoms with van der Waals surface area (Å²) in [6, 6.07) is 6.56. The second-order valence-electron chi connectivity index (χ2n) is 9.20. The van der Waals surface area contributed by atoms with E-state index in [-0.39, 0.29) is 11.9 Å². The van der Waals surface area contributed by atoms with Crippen LogP contribution in [0.2, 0.25) is 0 Å². The predicted molar refractivity (Wildman–Crippen MR) is 113 cm³/mol. The number of nitrogens with one attached hydrogen (secondary N) is 1. The number of piperidine rings is 1. The summed E-state index contributed by atoms with van der Waals surface area (Å²) in [5.74, 6) is 3.35. The quantitative estimate of drug-likeness (QED) is 0.792. The van der Waals surface area contributed by atoms with Gasteiger partial charge in [0, 0.05) is 32.7 Å². The summed E-state index contributed by atoms with van der Waals surface area (Å²) >= 11 is 0. The summed E-state index contributed by atoms with van der Waals surface area (Å²) < 4.78 is 12.7. The molecule has 1 saturated carbocycles. The molecule has 30 heavy (non-hydrogen) atoms. The summed E-state index contributed by atoms with van der Waals surface area (Å²) in [4.78, 5) is 19.3. The molecule has 4 atom stereocenters. The molecule has 2 unspecified atom stereocenters. The molecule has 2 fully saturated rings. The second kappa shape index (κ2) is 7.95. The third-order valence-electron chi connectivity index (χ3n) is 6.85. The number of likely N-dealkylation sites (tertiary alicyclic amines) is 1. The number of nitrogens with zero attached hydrogens (tertiary/aromatic N) is 3. The van der Waals surface area contributed by atoms with Gasteiger partial charge in [-0.05, 0) is 54.7 Å². The van der Waals surface area contributed by atoms with Gasteiger partial charge < -0.3 is 24.3 Å². The van der Waals surface area contributed by atoms with E-state index in [1.165, 1.54) is 18.4 Å². The first-order valence-electron chi connectivity index (χ1n) is 10.9. The third kappa shape index (κ3) is 3.78. The Bertz CT molecular complexity index is 913. The highest BCUT2D eigenvalue weighted by Crippen LogP contribution is 2.38. The number of fused-ring (bicyclic) bond motifs is 3. The molecule has 1 saturated heterocycles. The van der Waals surface area contributed by atoms with Crippen LogP contribution in [-0.2, 0) is 13.5 Å². The van der Waals surface area contributed by atoms with Gasteiger partial charge in [-0.1, -0.05) is 13.0 Å². The van der Waals surface area contributed by atoms with Crippen LogP contribution in [0.3, 0.4) is 0 Å². The Morgan fingerprint density at radius 2 is 2.00 bits per heavy atom. The van der Waals surface area contributed by atoms with Crippen LogP contribution < -0.4 is 14.8 Å². The van der Waals surface area contributed by atoms with Crippen molar-refractivity contribution in [3.63, 3.8) is 0 Å². The molecule has 3 aliphatic rings. The van der Waals surface area contributed by atoms with E-state index in [9.17, 15) is 4.79 Å². The lowest BCUT2D eigenvalue weighted by Gasteiger charge is -2.39. The molecule has 0 radical (unpaired) electrons. The van der Waals surface area contributed by atoms with Gasteiger partial charge >= 0.3 is 0 Å². The van der Waals surface area contributed by atoms with E-state index >= 15 is 0 Å². The molecule has 3 heterocycles. The second-order valence-corrected chi connectivity index (χ2v) is 9.20. The van der Waals surface area contributed by atoms with Crippen molar-refractivity contribution in [2.24, 2.45) is 24.8 Å². The fraction of sp³-hybridized carbons (Fsp3) is 0.565. The highest BCUT2D eigenvalue weighted by atomic mass is 16.7. The monoisotopic (exact) mass is 410 g/mol. The topological polar surface area (TPSA) is 68.6 Å². The van der Waals surface area contributed by atoms with Crippen LogP contribution in [0.4, 0.5) is 0 Å². The maximum Gasteiger partial charge on any atom is 0.269 e. The number of hydrogen-bond acceptors (Lipinski definition) is 5. The third-order valence-corrected chi connectivity index (χ3v) is 6.85. The molecule has 1 amide bonds. The zero-order valence-electron chi connectivity index (χ0n) is 17.7. The van der Waals surface area contributed by atoms with Gasteiger partial charge in [-0.25, -0.2) is 4.98 Å². The van der Waals surface area contributed by atoms with E-state index in [2.05, 4.69) is 34.3 Å². The van der Waals surface area contributed by atoms with E-state index in [1.807, 2.05) is 13.1 Å². The number of amides is 1. The first kappa shape index (κ1) is 19.4. The van der Waals surface area contributed by atoms with Gasteiger partial charge in [0.25, 0.3) is 5.91 Å². The summed E-state index contributed by atoms with van der Waals surface area (Å²) in [6.45, 7) is 5.87. The Labute approximate surface area is 177 Å². The van der Waals surface area contributed by atoms with Crippen molar-refractivity contribution in [2.45, 2.75) is 32.2 Å². The van der Waals surface area contributed by atoms with Gasteiger partial charge in [-0.2, -0.15) is 0 Å². The number of carbonyl (C=O) groups is 1. The van der Waals surface area contributed by atoms with Crippen LogP contribution in [-0.4, -0.2) is 52.8 Å². The molecule has 1 aromatic carbocycles. The largest absolute Gasteiger partial charge is 0.454 e. The SMILES string of the molecule is CC(Cc1ccc2c(c1)OCO2)CN1C[C@H]2CC[C@@H](C1)C2NC(=O)c1cncn1C. The van der Waals surface area contributed by atoms with Crippen molar-refractivity contribution in [1.82, 2.24) is 19.8 Å². The fourth-order valence-electron chi connectivity index (χ4n) is 5.48. The number of ether oxygens (including phenoxy) is 2. The molecule has 1 N–H and O–H groups in total. The molecule has 7 heteroatoms. The van der Waals surface area contributed by atoms with Crippen LogP contribution in [0, 0.1) is 17.8 Å². The maximum atomic E-state index is 12.7. The van der Waals surface area contributed by atoms with Gasteiger partial charge in [0.05, 0.1) is 12.5 Å². The molecule has 2 bridgehead atoms. The molecule has 0 spiro atoms. The minimum absolute atomic E-state index is 0.00141. The Morgan fingerprint density at radius 1 is 1.23 bits per heavy atom. The Kier molecular flexibility index (Phi) is 5.15. The van der Waals surface area contributed by atoms with Gasteiger partial charge in [-0.3, -0.25) is 4.79 Å². The molecular formula is C23H30N4O3. The summed E-state index contributed by atoms with van der Waals surface area (Å²) in [5.41, 5.74) is 1.93. The molecule has 160 valence electrons. The van der Waals surface area contributed by atoms with E-state index in [4.69, 9.17) is 9.47 Å². The highest BCUT2D eigenvalue weighted by Gasteiger charge is 2.43. The number of aryl methyl sites for hydroxylation is 1. The summed E-state index contributed by atoms with van der Waals surface area (Å²) in [6.07, 6.45) is 6.75. The predicted octanol–water partition coefficient (Wildman–Crippen LogP) is 2.47. The Morgan fingerprint density at radius 3 is 2.73 bits per heavy atom. The number of benzene rings is 1. The maximum absolute atomic E-state index is 12.7. The lowest BCUT2D eigenvalue weighted by Crippen LogP contribution is -2.53. The van der Waals surface area contributed by atoms with E-state index < -0.39 is 0 Å². The van der Waals surface area contributed by atoms with Crippen LogP contribution in [0.25, 0.3) is 0 Å². The van der Waals surface area contributed by atoms with Crippen LogP contribution in [0.5, 0.6) is 11.5 Å². The highest BCUT2D eigenvalue weighted by molar-refractivity contribution is 5.92. The molecule has 2 aliphatic heterocycles. The van der Waals surface area contributed by atoms with Crippen molar-refractivity contribution in [3.05, 3.63) is 42.0 Å². The standard InChI is InChI=1S/C23H30N4O3/c1-15(7-16-3-6-20-21(8-16)30-14-29-20)10-27-11-17-4-5-18(12-27)22(17)25-23(28)19-9-24-13-26(19)2/h3,6,8-9,13,15,17-18,22H,4-5,7,10-12,14H2,1-2H3,(H,25,28)/t15?,17-,18+,22?. The van der Waals surface area contributed by atoms with Gasteiger partial charge in [0.1, 0.15) is 5.69 Å². The molecule has 7 nitrogen and oxygen atoms in total. The van der Waals surface area contributed by atoms with Crippen molar-refractivity contribution < 1.29 is 14.3 Å². The summed E-state index contributed by atoms with van der Waals surface area (Å²) in [5, 5.41) is 3.31. The zero-order valence-corrected chi connectivity index (χ0v) is 17.7. The number of hydrogen-bond donors (Lipinski definition) is 1. The zero-order chi connectivity index (χ0) is 20.7. The molecule has 5 rings (SSSR count). The molecule has 2 aromatic rings. The molecule has 1 aliphatic carbocycles. The lowest BCUT2D eigenvalue weighted by atomic mass is 9.90. The van der Waals surface area contributed by atoms with Crippen molar-refractivity contribution >= 4 is 5.91 Å². The normalized spacial score (nSPS) is 26.0. The first-order chi connectivity index (χ1) is 14.6. The van der Waals surface area contributed by atoms with Gasteiger partial charge in [0.15, 0.2) is 11.5 Å². The van der Waals surface area contributed by atoms with Crippen LogP contribution >= 0.6 is 0 Å². The average Bonchev–Trinajstić information content (AvgIpc) is 3.40. The van der Waals surface area contributed by atoms with Crippen molar-refractivity contribution in [3.8, 4) is 11.5 Å². The minimum atomic E-state index is 0.00141. The summed E-state index contributed by atoms with van der Waals surface area (Å²) in [7, 11) is 1.86. The molecule has 1 aromatic heterocycles. The number of imidazole rings is 1. The van der Waals surface area contributed by atoms with E-state index in [0.717, 1.165) is 37.6 Å². The Balaban J connectivity index is 1.16.